The zero-order valence-corrected chi connectivity index (χ0v) is 54.9. The first-order valence-corrected chi connectivity index (χ1v) is 32.0. The Morgan fingerprint density at radius 2 is 0.535 bits per heavy atom. The minimum atomic E-state index is -2.42. The van der Waals surface area contributed by atoms with Gasteiger partial charge in [0.2, 0.25) is 11.5 Å². The van der Waals surface area contributed by atoms with Crippen molar-refractivity contribution < 1.29 is 153 Å². The van der Waals surface area contributed by atoms with Crippen molar-refractivity contribution in [1.29, 1.82) is 0 Å². The van der Waals surface area contributed by atoms with Gasteiger partial charge in [0.05, 0.1) is 58.5 Å². The molecule has 1 atom stereocenters. The van der Waals surface area contributed by atoms with Crippen LogP contribution in [0.2, 0.25) is 0 Å². The molecule has 0 spiro atoms. The second-order valence-corrected chi connectivity index (χ2v) is 24.2. The van der Waals surface area contributed by atoms with Crippen molar-refractivity contribution in [3.63, 3.8) is 0 Å². The third-order valence-corrected chi connectivity index (χ3v) is 16.0. The summed E-state index contributed by atoms with van der Waals surface area (Å²) in [6, 6.07) is 8.47. The Labute approximate surface area is 577 Å². The van der Waals surface area contributed by atoms with Crippen molar-refractivity contribution in [2.75, 3.05) is 59.5 Å². The molecule has 31 heteroatoms. The Morgan fingerprint density at radius 3 is 0.832 bits per heavy atom. The number of esters is 6. The van der Waals surface area contributed by atoms with E-state index >= 15 is 0 Å². The third kappa shape index (κ3) is 22.3. The molecule has 548 valence electrons. The van der Waals surface area contributed by atoms with Crippen molar-refractivity contribution >= 4 is 35.8 Å². The number of carbonyl (C=O) groups excluding carboxylic acids is 6. The van der Waals surface area contributed by atoms with Gasteiger partial charge in [0, 0.05) is 0 Å². The molecule has 0 saturated carbocycles. The summed E-state index contributed by atoms with van der Waals surface area (Å²) in [5, 5.41) is 175. The first kappa shape index (κ1) is 78.5. The van der Waals surface area contributed by atoms with Gasteiger partial charge in [-0.3, -0.25) is 0 Å². The van der Waals surface area contributed by atoms with Crippen LogP contribution in [-0.4, -0.2) is 182 Å². The van der Waals surface area contributed by atoms with E-state index in [4.69, 9.17) is 37.9 Å². The topological polar surface area (TPSA) is 520 Å². The lowest BCUT2D eigenvalue weighted by atomic mass is 9.90. The number of phenolic OH excluding ortho intramolecular Hbond substituents is 17. The molecule has 6 aromatic rings. The Hall–Kier alpha value is -11.5. The summed E-state index contributed by atoms with van der Waals surface area (Å²) in [6.07, 6.45) is 17.7. The number of rotatable bonds is 40. The number of phenols is 17. The highest BCUT2D eigenvalue weighted by Gasteiger charge is 2.42. The minimum Gasteiger partial charge on any atom is -0.504 e. The van der Waals surface area contributed by atoms with E-state index in [2.05, 4.69) is 6.92 Å². The van der Waals surface area contributed by atoms with Crippen LogP contribution in [-0.2, 0) is 33.2 Å². The van der Waals surface area contributed by atoms with Gasteiger partial charge < -0.3 is 125 Å². The van der Waals surface area contributed by atoms with Gasteiger partial charge in [-0.15, -0.1) is 0 Å². The minimum absolute atomic E-state index is 0.0170. The molecule has 101 heavy (non-hydrogen) atoms. The molecule has 0 heterocycles. The van der Waals surface area contributed by atoms with E-state index in [1.54, 1.807) is 0 Å². The highest BCUT2D eigenvalue weighted by Crippen LogP contribution is 2.43. The summed E-state index contributed by atoms with van der Waals surface area (Å²) < 4.78 is 45.6. The van der Waals surface area contributed by atoms with Crippen LogP contribution in [0.25, 0.3) is 0 Å². The molecule has 0 aromatic heterocycles. The Morgan fingerprint density at radius 1 is 0.277 bits per heavy atom. The molecule has 0 radical (unpaired) electrons. The monoisotopic (exact) mass is 1420 g/mol. The molecule has 0 aliphatic carbocycles. The van der Waals surface area contributed by atoms with Crippen LogP contribution in [0.3, 0.4) is 0 Å². The van der Waals surface area contributed by atoms with Gasteiger partial charge in [0.15, 0.2) is 92.0 Å². The van der Waals surface area contributed by atoms with Crippen molar-refractivity contribution in [2.45, 2.75) is 110 Å². The highest BCUT2D eigenvalue weighted by atomic mass is 16.6. The molecule has 0 fully saturated rings. The van der Waals surface area contributed by atoms with E-state index in [9.17, 15) is 116 Å². The zero-order chi connectivity index (χ0) is 74.1. The van der Waals surface area contributed by atoms with E-state index in [-0.39, 0.29) is 12.4 Å². The third-order valence-electron chi connectivity index (χ3n) is 16.0. The standard InChI is InChI=1S/C70H82O31/c1-2-3-4-5-6-7-8-9-10-11-12-13-14-15-16-17-20-95-55-30-43(29-54(80)61(55)86)67(92)100-37-70(36-99-66(91)42-27-52(78)60(85)53(79)28-42,38-101-68(93)44-18-19-45(71)62(87)56(44)81)32-94-31-69(33-96-63(88)39-21-46(72)57(82)47(73)22-39,34-97-64(89)40-23-48(74)58(83)49(75)24-40)35-98-65(90)41-25-50(76)59(84)51(77)26-41/h18-19,21-30,71-87H,2-17,20,31-38H2,1H3. The summed E-state index contributed by atoms with van der Waals surface area (Å²) in [5.74, 6) is -26.6. The fourth-order valence-electron chi connectivity index (χ4n) is 10.1. The summed E-state index contributed by atoms with van der Waals surface area (Å²) in [5.41, 5.74) is -8.83. The first-order chi connectivity index (χ1) is 48.0. The lowest BCUT2D eigenvalue weighted by Crippen LogP contribution is -2.47. The molecule has 0 saturated heterocycles. The first-order valence-electron chi connectivity index (χ1n) is 32.0. The number of benzene rings is 6. The SMILES string of the molecule is CCCCCCCCCCCCCCCCCCOc1cc(C(=O)OCC(COCC(COC(=O)c2cc(O)c(O)c(O)c2)(COC(=O)c2cc(O)c(O)c(O)c2)COC(=O)c2cc(O)c(O)c(O)c2)(COC(=O)c2cc(O)c(O)c(O)c2)COC(=O)c2ccc(O)c(O)c2O)cc(O)c1O. The average molecular weight is 1420 g/mol. The van der Waals surface area contributed by atoms with Crippen LogP contribution >= 0.6 is 0 Å². The lowest BCUT2D eigenvalue weighted by Gasteiger charge is -2.35. The number of ether oxygens (including phenoxy) is 8. The number of hydrogen-bond donors (Lipinski definition) is 17. The fraction of sp³-hybridized carbons (Fsp3) is 0.400. The van der Waals surface area contributed by atoms with E-state index in [1.807, 2.05) is 0 Å². The largest absolute Gasteiger partial charge is 0.504 e. The van der Waals surface area contributed by atoms with Gasteiger partial charge in [-0.25, -0.2) is 28.8 Å². The number of hydrogen-bond acceptors (Lipinski definition) is 31. The number of unbranched alkanes of at least 4 members (excludes halogenated alkanes) is 15. The van der Waals surface area contributed by atoms with Crippen LogP contribution < -0.4 is 4.74 Å². The van der Waals surface area contributed by atoms with Crippen molar-refractivity contribution in [3.8, 4) is 103 Å². The van der Waals surface area contributed by atoms with Crippen LogP contribution in [0, 0.1) is 10.8 Å². The van der Waals surface area contributed by atoms with E-state index in [1.165, 1.54) is 57.8 Å². The smallest absolute Gasteiger partial charge is 0.342 e. The van der Waals surface area contributed by atoms with Crippen LogP contribution in [0.1, 0.15) is 172 Å². The summed E-state index contributed by atoms with van der Waals surface area (Å²) in [6.45, 7) is -7.25. The zero-order valence-electron chi connectivity index (χ0n) is 54.9. The molecule has 1 unspecified atom stereocenters. The second kappa shape index (κ2) is 36.9. The maximum atomic E-state index is 14.3. The van der Waals surface area contributed by atoms with Gasteiger partial charge in [0.1, 0.15) is 45.2 Å². The normalized spacial score (nSPS) is 11.9. The van der Waals surface area contributed by atoms with Crippen LogP contribution in [0.4, 0.5) is 0 Å². The van der Waals surface area contributed by atoms with E-state index < -0.39 is 231 Å². The van der Waals surface area contributed by atoms with Crippen LogP contribution in [0.5, 0.6) is 103 Å². The second-order valence-electron chi connectivity index (χ2n) is 24.2. The molecule has 0 bridgehead atoms. The van der Waals surface area contributed by atoms with E-state index in [0.717, 1.165) is 62.8 Å². The van der Waals surface area contributed by atoms with Gasteiger partial charge in [-0.2, -0.15) is 0 Å². The average Bonchev–Trinajstić information content (AvgIpc) is 0.887. The summed E-state index contributed by atoms with van der Waals surface area (Å²) >= 11 is 0. The maximum Gasteiger partial charge on any atom is 0.342 e. The Kier molecular flexibility index (Phi) is 28.7. The maximum absolute atomic E-state index is 14.3. The molecular weight excluding hydrogens is 1340 g/mol. The predicted octanol–water partition coefficient (Wildman–Crippen LogP) is 9.75. The van der Waals surface area contributed by atoms with E-state index in [0.29, 0.717) is 55.0 Å². The molecule has 31 nitrogen and oxygen atoms in total. The quantitative estimate of drug-likeness (QED) is 0.00736. The highest BCUT2D eigenvalue weighted by molar-refractivity contribution is 5.95. The van der Waals surface area contributed by atoms with Crippen molar-refractivity contribution in [1.82, 2.24) is 0 Å². The molecule has 17 N–H and O–H groups in total. The Bertz CT molecular complexity index is 3610. The van der Waals surface area contributed by atoms with Crippen molar-refractivity contribution in [3.05, 3.63) is 106 Å². The fourth-order valence-corrected chi connectivity index (χ4v) is 10.1. The van der Waals surface area contributed by atoms with Crippen LogP contribution in [0.15, 0.2) is 72.8 Å². The lowest BCUT2D eigenvalue weighted by molar-refractivity contribution is -0.112. The number of carbonyl (C=O) groups is 6. The van der Waals surface area contributed by atoms with Gasteiger partial charge >= 0.3 is 35.8 Å². The summed E-state index contributed by atoms with van der Waals surface area (Å²) in [4.78, 5) is 83.6. The van der Waals surface area contributed by atoms with Gasteiger partial charge in [-0.1, -0.05) is 103 Å². The van der Waals surface area contributed by atoms with Gasteiger partial charge in [0.25, 0.3) is 0 Å². The van der Waals surface area contributed by atoms with Crippen molar-refractivity contribution in [2.24, 2.45) is 10.8 Å². The Balaban J connectivity index is 1.35. The molecule has 6 aromatic carbocycles. The van der Waals surface area contributed by atoms with Gasteiger partial charge in [-0.05, 0) is 79.2 Å². The predicted molar refractivity (Wildman–Crippen MR) is 349 cm³/mol. The molecule has 6 rings (SSSR count). The molecule has 0 amide bonds. The summed E-state index contributed by atoms with van der Waals surface area (Å²) in [7, 11) is 0. The molecular formula is C70H82O31. The molecule has 0 aliphatic heterocycles. The molecule has 0 aliphatic rings. The number of aromatic hydroxyl groups is 17.